The van der Waals surface area contributed by atoms with E-state index in [-0.39, 0.29) is 0 Å². The summed E-state index contributed by atoms with van der Waals surface area (Å²) in [5.74, 6) is 0.772. The van der Waals surface area contributed by atoms with E-state index in [1.165, 1.54) is 5.56 Å². The minimum absolute atomic E-state index is 0.768. The average molecular weight is 172 g/mol. The van der Waals surface area contributed by atoms with E-state index in [2.05, 4.69) is 17.5 Å². The van der Waals surface area contributed by atoms with Gasteiger partial charge in [0.1, 0.15) is 0 Å². The maximum absolute atomic E-state index is 8.70. The molecule has 1 aromatic rings. The Morgan fingerprint density at radius 1 is 1.46 bits per heavy atom. The molecule has 1 aliphatic heterocycles. The van der Waals surface area contributed by atoms with Crippen LogP contribution in [0.4, 0.5) is 0 Å². The molecule has 0 saturated carbocycles. The van der Waals surface area contributed by atoms with E-state index in [1.807, 2.05) is 18.2 Å². The van der Waals surface area contributed by atoms with Crippen molar-refractivity contribution in [3.05, 3.63) is 35.4 Å². The molecule has 1 fully saturated rings. The van der Waals surface area contributed by atoms with Gasteiger partial charge in [-0.1, -0.05) is 12.1 Å². The maximum atomic E-state index is 8.70. The predicted octanol–water partition coefficient (Wildman–Crippen LogP) is 1.32. The fraction of sp³-hybridized carbons (Fsp3) is 0.364. The first-order valence-corrected chi connectivity index (χ1v) is 4.58. The van der Waals surface area contributed by atoms with E-state index in [0.29, 0.717) is 0 Å². The zero-order chi connectivity index (χ0) is 9.10. The molecule has 66 valence electrons. The molecule has 2 rings (SSSR count). The quantitative estimate of drug-likeness (QED) is 0.730. The fourth-order valence-corrected chi connectivity index (χ4v) is 1.59. The van der Waals surface area contributed by atoms with Crippen molar-refractivity contribution >= 4 is 0 Å². The summed E-state index contributed by atoms with van der Waals surface area (Å²) in [7, 11) is 0. The molecule has 0 aromatic heterocycles. The van der Waals surface area contributed by atoms with Gasteiger partial charge >= 0.3 is 0 Å². The molecule has 1 saturated heterocycles. The summed E-state index contributed by atoms with van der Waals surface area (Å²) in [5, 5.41) is 12.0. The third-order valence-corrected chi connectivity index (χ3v) is 2.45. The van der Waals surface area contributed by atoms with E-state index in [4.69, 9.17) is 5.26 Å². The third-order valence-electron chi connectivity index (χ3n) is 2.45. The summed E-state index contributed by atoms with van der Waals surface area (Å²) in [4.78, 5) is 0. The highest BCUT2D eigenvalue weighted by Gasteiger charge is 2.16. The van der Waals surface area contributed by atoms with Gasteiger partial charge in [-0.25, -0.2) is 0 Å². The number of hydrogen-bond acceptors (Lipinski definition) is 2. The Kier molecular flexibility index (Phi) is 2.29. The van der Waals surface area contributed by atoms with Gasteiger partial charge in [-0.2, -0.15) is 5.26 Å². The maximum Gasteiger partial charge on any atom is 0.0991 e. The van der Waals surface area contributed by atoms with Crippen molar-refractivity contribution in [2.75, 3.05) is 13.1 Å². The molecule has 2 nitrogen and oxygen atoms in total. The standard InChI is InChI=1S/C11H12N2/c12-6-10-3-1-2-9(4-10)5-11-7-13-8-11/h1-4,11,13H,5,7-8H2. The van der Waals surface area contributed by atoms with Crippen molar-refractivity contribution in [2.24, 2.45) is 5.92 Å². The smallest absolute Gasteiger partial charge is 0.0991 e. The van der Waals surface area contributed by atoms with Gasteiger partial charge < -0.3 is 5.32 Å². The Balaban J connectivity index is 2.07. The van der Waals surface area contributed by atoms with Crippen LogP contribution in [0.15, 0.2) is 24.3 Å². The summed E-state index contributed by atoms with van der Waals surface area (Å²) in [5.41, 5.74) is 2.05. The molecule has 0 atom stereocenters. The number of nitriles is 1. The fourth-order valence-electron chi connectivity index (χ4n) is 1.59. The largest absolute Gasteiger partial charge is 0.316 e. The average Bonchev–Trinajstić information content (AvgIpc) is 2.12. The molecule has 0 amide bonds. The van der Waals surface area contributed by atoms with Crippen molar-refractivity contribution in [3.63, 3.8) is 0 Å². The van der Waals surface area contributed by atoms with Crippen molar-refractivity contribution in [1.82, 2.24) is 5.32 Å². The summed E-state index contributed by atoms with van der Waals surface area (Å²) in [6.45, 7) is 2.24. The highest BCUT2D eigenvalue weighted by Crippen LogP contribution is 2.13. The molecule has 1 N–H and O–H groups in total. The zero-order valence-electron chi connectivity index (χ0n) is 7.46. The van der Waals surface area contributed by atoms with Crippen LogP contribution in [0.25, 0.3) is 0 Å². The van der Waals surface area contributed by atoms with Crippen molar-refractivity contribution < 1.29 is 0 Å². The van der Waals surface area contributed by atoms with Crippen LogP contribution in [0.1, 0.15) is 11.1 Å². The van der Waals surface area contributed by atoms with Crippen LogP contribution in [0, 0.1) is 17.2 Å². The normalized spacial score (nSPS) is 16.2. The van der Waals surface area contributed by atoms with Gasteiger partial charge in [-0.15, -0.1) is 0 Å². The minimum Gasteiger partial charge on any atom is -0.316 e. The van der Waals surface area contributed by atoms with Gasteiger partial charge in [0.25, 0.3) is 0 Å². The lowest BCUT2D eigenvalue weighted by Crippen LogP contribution is -2.43. The molecule has 0 bridgehead atoms. The molecule has 13 heavy (non-hydrogen) atoms. The van der Waals surface area contributed by atoms with E-state index in [9.17, 15) is 0 Å². The Labute approximate surface area is 78.2 Å². The van der Waals surface area contributed by atoms with Gasteiger partial charge in [0.15, 0.2) is 0 Å². The second-order valence-corrected chi connectivity index (χ2v) is 3.54. The first kappa shape index (κ1) is 8.28. The molecule has 0 aliphatic carbocycles. The van der Waals surface area contributed by atoms with Crippen molar-refractivity contribution in [2.45, 2.75) is 6.42 Å². The van der Waals surface area contributed by atoms with E-state index < -0.39 is 0 Å². The number of nitrogens with zero attached hydrogens (tertiary/aromatic N) is 1. The topological polar surface area (TPSA) is 35.8 Å². The van der Waals surface area contributed by atoms with E-state index >= 15 is 0 Å². The molecule has 1 aliphatic rings. The first-order valence-electron chi connectivity index (χ1n) is 4.58. The molecule has 1 heterocycles. The monoisotopic (exact) mass is 172 g/mol. The van der Waals surface area contributed by atoms with Gasteiger partial charge in [-0.05, 0) is 43.1 Å². The van der Waals surface area contributed by atoms with Crippen LogP contribution in [-0.4, -0.2) is 13.1 Å². The summed E-state index contributed by atoms with van der Waals surface area (Å²) in [6.07, 6.45) is 1.10. The molecule has 0 radical (unpaired) electrons. The summed E-state index contributed by atoms with van der Waals surface area (Å²) >= 11 is 0. The predicted molar refractivity (Wildman–Crippen MR) is 51.2 cm³/mol. The van der Waals surface area contributed by atoms with Crippen LogP contribution in [0.3, 0.4) is 0 Å². The number of rotatable bonds is 2. The lowest BCUT2D eigenvalue weighted by atomic mass is 9.94. The van der Waals surface area contributed by atoms with E-state index in [1.54, 1.807) is 0 Å². The van der Waals surface area contributed by atoms with Crippen LogP contribution in [-0.2, 0) is 6.42 Å². The van der Waals surface area contributed by atoms with Crippen LogP contribution in [0.5, 0.6) is 0 Å². The molecule has 0 unspecified atom stereocenters. The number of hydrogen-bond donors (Lipinski definition) is 1. The molecule has 1 aromatic carbocycles. The van der Waals surface area contributed by atoms with Crippen molar-refractivity contribution in [3.8, 4) is 6.07 Å². The second kappa shape index (κ2) is 3.59. The first-order chi connectivity index (χ1) is 6.38. The Morgan fingerprint density at radius 3 is 2.92 bits per heavy atom. The summed E-state index contributed by atoms with van der Waals surface area (Å²) < 4.78 is 0. The molecular formula is C11H12N2. The SMILES string of the molecule is N#Cc1cccc(CC2CNC2)c1. The molecule has 0 spiro atoms. The van der Waals surface area contributed by atoms with Crippen LogP contribution >= 0.6 is 0 Å². The van der Waals surface area contributed by atoms with E-state index in [0.717, 1.165) is 31.0 Å². The Bertz CT molecular complexity index is 334. The Morgan fingerprint density at radius 2 is 2.31 bits per heavy atom. The second-order valence-electron chi connectivity index (χ2n) is 3.54. The third kappa shape index (κ3) is 1.88. The van der Waals surface area contributed by atoms with Crippen molar-refractivity contribution in [1.29, 1.82) is 5.26 Å². The number of nitrogens with one attached hydrogen (secondary N) is 1. The van der Waals surface area contributed by atoms with Crippen LogP contribution in [0.2, 0.25) is 0 Å². The highest BCUT2D eigenvalue weighted by molar-refractivity contribution is 5.33. The van der Waals surface area contributed by atoms with Gasteiger partial charge in [-0.3, -0.25) is 0 Å². The molecule has 2 heteroatoms. The van der Waals surface area contributed by atoms with Gasteiger partial charge in [0.2, 0.25) is 0 Å². The minimum atomic E-state index is 0.768. The van der Waals surface area contributed by atoms with Gasteiger partial charge in [0, 0.05) is 0 Å². The Hall–Kier alpha value is -1.33. The van der Waals surface area contributed by atoms with Gasteiger partial charge in [0.05, 0.1) is 11.6 Å². The van der Waals surface area contributed by atoms with Crippen LogP contribution < -0.4 is 5.32 Å². The summed E-state index contributed by atoms with van der Waals surface area (Å²) in [6, 6.07) is 10.0. The number of benzene rings is 1. The lowest BCUT2D eigenvalue weighted by Gasteiger charge is -2.27. The molecular weight excluding hydrogens is 160 g/mol. The zero-order valence-corrected chi connectivity index (χ0v) is 7.46. The highest BCUT2D eigenvalue weighted by atomic mass is 14.9. The lowest BCUT2D eigenvalue weighted by molar-refractivity contribution is 0.346.